The zero-order chi connectivity index (χ0) is 25.5. The van der Waals surface area contributed by atoms with Crippen molar-refractivity contribution in [1.82, 2.24) is 0 Å². The van der Waals surface area contributed by atoms with E-state index in [4.69, 9.17) is 18.9 Å². The summed E-state index contributed by atoms with van der Waals surface area (Å²) in [5.74, 6) is 3.63. The lowest BCUT2D eigenvalue weighted by Crippen LogP contribution is -2.41. The Balaban J connectivity index is 1.60. The standard InChI is InChI=1S/C32H32NO4/c1-5-14-35-32-27-18-33-13-12-23-16-29-30(37-19-36-29)17-25(23)31(33)26(24(27)10-11-28(32)34-4)15-21-6-8-22(9-7-21)20(2)3/h5-11,16-18,20H,1,12-15,19H2,2-4H3/q+1. The Kier molecular flexibility index (Phi) is 5.99. The molecule has 0 spiro atoms. The molecule has 188 valence electrons. The molecule has 0 radical (unpaired) electrons. The van der Waals surface area contributed by atoms with E-state index < -0.39 is 0 Å². The number of aromatic nitrogens is 1. The van der Waals surface area contributed by atoms with Crippen LogP contribution >= 0.6 is 0 Å². The molecule has 0 N–H and O–H groups in total. The highest BCUT2D eigenvalue weighted by Gasteiger charge is 2.32. The van der Waals surface area contributed by atoms with Crippen molar-refractivity contribution >= 4 is 10.8 Å². The van der Waals surface area contributed by atoms with E-state index >= 15 is 0 Å². The number of aryl methyl sites for hydroxylation is 2. The molecule has 0 saturated heterocycles. The maximum Gasteiger partial charge on any atom is 0.231 e. The van der Waals surface area contributed by atoms with Gasteiger partial charge in [0.05, 0.1) is 18.1 Å². The Morgan fingerprint density at radius 2 is 1.81 bits per heavy atom. The summed E-state index contributed by atoms with van der Waals surface area (Å²) in [6.45, 7) is 9.85. The average Bonchev–Trinajstić information content (AvgIpc) is 3.37. The number of hydrogen-bond donors (Lipinski definition) is 0. The quantitative estimate of drug-likeness (QED) is 0.221. The molecule has 0 bridgehead atoms. The summed E-state index contributed by atoms with van der Waals surface area (Å²) in [4.78, 5) is 0. The number of fused-ring (bicyclic) bond motifs is 5. The van der Waals surface area contributed by atoms with E-state index in [2.05, 4.69) is 73.7 Å². The zero-order valence-corrected chi connectivity index (χ0v) is 21.7. The lowest BCUT2D eigenvalue weighted by Gasteiger charge is -2.21. The molecular formula is C32H32NO4+. The molecule has 3 aromatic carbocycles. The van der Waals surface area contributed by atoms with Gasteiger partial charge in [-0.25, -0.2) is 0 Å². The fourth-order valence-electron chi connectivity index (χ4n) is 5.49. The average molecular weight is 495 g/mol. The SMILES string of the molecule is C=CCOc1c(OC)ccc2c(Cc3ccc(C(C)C)cc3)c3[n+](cc12)CCc1cc2c(cc1-3)OCO2. The van der Waals surface area contributed by atoms with Crippen LogP contribution in [-0.4, -0.2) is 20.5 Å². The molecule has 0 aliphatic carbocycles. The smallest absolute Gasteiger partial charge is 0.231 e. The third kappa shape index (κ3) is 4.08. The molecule has 0 amide bonds. The van der Waals surface area contributed by atoms with E-state index in [-0.39, 0.29) is 6.79 Å². The monoisotopic (exact) mass is 494 g/mol. The third-order valence-electron chi connectivity index (χ3n) is 7.41. The van der Waals surface area contributed by atoms with Gasteiger partial charge < -0.3 is 18.9 Å². The van der Waals surface area contributed by atoms with Gasteiger partial charge in [-0.1, -0.05) is 50.8 Å². The van der Waals surface area contributed by atoms with Gasteiger partial charge in [0.25, 0.3) is 0 Å². The van der Waals surface area contributed by atoms with Gasteiger partial charge in [-0.2, -0.15) is 4.57 Å². The van der Waals surface area contributed by atoms with E-state index in [1.54, 1.807) is 13.2 Å². The highest BCUT2D eigenvalue weighted by Crippen LogP contribution is 2.44. The van der Waals surface area contributed by atoms with Crippen molar-refractivity contribution < 1.29 is 23.5 Å². The molecule has 0 atom stereocenters. The molecule has 37 heavy (non-hydrogen) atoms. The summed E-state index contributed by atoms with van der Waals surface area (Å²) in [6.07, 6.45) is 5.70. The topological polar surface area (TPSA) is 40.8 Å². The first kappa shape index (κ1) is 23.4. The first-order valence-electron chi connectivity index (χ1n) is 12.9. The number of nitrogens with zero attached hydrogens (tertiary/aromatic N) is 1. The Labute approximate surface area is 217 Å². The number of methoxy groups -OCH3 is 1. The van der Waals surface area contributed by atoms with Crippen molar-refractivity contribution in [2.75, 3.05) is 20.5 Å². The van der Waals surface area contributed by atoms with Crippen LogP contribution in [0.15, 0.2) is 67.4 Å². The molecule has 2 aliphatic heterocycles. The van der Waals surface area contributed by atoms with Gasteiger partial charge in [-0.3, -0.25) is 0 Å². The number of ether oxygens (including phenoxy) is 4. The summed E-state index contributed by atoms with van der Waals surface area (Å²) in [7, 11) is 1.68. The summed E-state index contributed by atoms with van der Waals surface area (Å²) in [5.41, 5.74) is 7.60. The predicted octanol–water partition coefficient (Wildman–Crippen LogP) is 6.37. The number of hydrogen-bond acceptors (Lipinski definition) is 4. The first-order chi connectivity index (χ1) is 18.1. The van der Waals surface area contributed by atoms with Crippen molar-refractivity contribution in [2.45, 2.75) is 39.2 Å². The molecule has 0 unspecified atom stereocenters. The van der Waals surface area contributed by atoms with Crippen LogP contribution in [-0.2, 0) is 19.4 Å². The van der Waals surface area contributed by atoms with Gasteiger partial charge in [0.15, 0.2) is 35.7 Å². The lowest BCUT2D eigenvalue weighted by atomic mass is 9.88. The van der Waals surface area contributed by atoms with Gasteiger partial charge in [-0.15, -0.1) is 0 Å². The Morgan fingerprint density at radius 1 is 1.03 bits per heavy atom. The molecule has 5 nitrogen and oxygen atoms in total. The second-order valence-electron chi connectivity index (χ2n) is 9.99. The highest BCUT2D eigenvalue weighted by molar-refractivity contribution is 5.95. The van der Waals surface area contributed by atoms with Crippen LogP contribution in [0.5, 0.6) is 23.0 Å². The van der Waals surface area contributed by atoms with Crippen LogP contribution in [0.4, 0.5) is 0 Å². The largest absolute Gasteiger partial charge is 0.493 e. The molecule has 2 aliphatic rings. The van der Waals surface area contributed by atoms with Crippen LogP contribution in [0.25, 0.3) is 22.0 Å². The van der Waals surface area contributed by atoms with E-state index in [9.17, 15) is 0 Å². The normalized spacial score (nSPS) is 13.4. The summed E-state index contributed by atoms with van der Waals surface area (Å²) in [6, 6.07) is 17.5. The van der Waals surface area contributed by atoms with E-state index in [1.165, 1.54) is 33.5 Å². The second kappa shape index (κ2) is 9.47. The summed E-state index contributed by atoms with van der Waals surface area (Å²) in [5, 5.41) is 2.20. The van der Waals surface area contributed by atoms with Gasteiger partial charge in [0.1, 0.15) is 6.61 Å². The van der Waals surface area contributed by atoms with Gasteiger partial charge in [0.2, 0.25) is 12.5 Å². The molecule has 0 fully saturated rings. The minimum atomic E-state index is 0.273. The molecule has 3 heterocycles. The molecule has 4 aromatic rings. The molecule has 5 heteroatoms. The predicted molar refractivity (Wildman–Crippen MR) is 145 cm³/mol. The van der Waals surface area contributed by atoms with E-state index in [0.29, 0.717) is 12.5 Å². The Bertz CT molecular complexity index is 1500. The summed E-state index contributed by atoms with van der Waals surface area (Å²) >= 11 is 0. The summed E-state index contributed by atoms with van der Waals surface area (Å²) < 4.78 is 25.7. The van der Waals surface area contributed by atoms with Crippen LogP contribution in [0.3, 0.4) is 0 Å². The van der Waals surface area contributed by atoms with Gasteiger partial charge in [-0.05, 0) is 46.9 Å². The first-order valence-corrected chi connectivity index (χ1v) is 12.9. The minimum Gasteiger partial charge on any atom is -0.493 e. The van der Waals surface area contributed by atoms with Crippen LogP contribution in [0.2, 0.25) is 0 Å². The number of pyridine rings is 1. The zero-order valence-electron chi connectivity index (χ0n) is 21.7. The maximum atomic E-state index is 6.17. The Hall–Kier alpha value is -3.99. The van der Waals surface area contributed by atoms with E-state index in [0.717, 1.165) is 53.2 Å². The second-order valence-corrected chi connectivity index (χ2v) is 9.99. The van der Waals surface area contributed by atoms with Crippen molar-refractivity contribution in [1.29, 1.82) is 0 Å². The van der Waals surface area contributed by atoms with Crippen LogP contribution < -0.4 is 23.5 Å². The number of benzene rings is 3. The van der Waals surface area contributed by atoms with Crippen molar-refractivity contribution in [2.24, 2.45) is 0 Å². The lowest BCUT2D eigenvalue weighted by molar-refractivity contribution is -0.686. The fraction of sp³-hybridized carbons (Fsp3) is 0.281. The molecule has 6 rings (SSSR count). The Morgan fingerprint density at radius 3 is 2.54 bits per heavy atom. The van der Waals surface area contributed by atoms with E-state index in [1.807, 2.05) is 6.07 Å². The number of rotatable bonds is 7. The maximum absolute atomic E-state index is 6.17. The van der Waals surface area contributed by atoms with Crippen molar-refractivity contribution in [3.63, 3.8) is 0 Å². The highest BCUT2D eigenvalue weighted by atomic mass is 16.7. The van der Waals surface area contributed by atoms with Crippen molar-refractivity contribution in [3.05, 3.63) is 89.6 Å². The molecule has 1 aromatic heterocycles. The fourth-order valence-corrected chi connectivity index (χ4v) is 5.49. The third-order valence-corrected chi connectivity index (χ3v) is 7.41. The van der Waals surface area contributed by atoms with Gasteiger partial charge >= 0.3 is 0 Å². The van der Waals surface area contributed by atoms with Crippen LogP contribution in [0.1, 0.15) is 42.0 Å². The molecular weight excluding hydrogens is 462 g/mol. The van der Waals surface area contributed by atoms with Crippen LogP contribution in [0, 0.1) is 0 Å². The minimum absolute atomic E-state index is 0.273. The molecule has 0 saturated carbocycles. The van der Waals surface area contributed by atoms with Crippen molar-refractivity contribution in [3.8, 4) is 34.3 Å². The van der Waals surface area contributed by atoms with Gasteiger partial charge in [0, 0.05) is 23.8 Å².